The molecule has 0 aromatic carbocycles. The highest BCUT2D eigenvalue weighted by molar-refractivity contribution is 4.72. The van der Waals surface area contributed by atoms with Crippen LogP contribution < -0.4 is 10.5 Å². The van der Waals surface area contributed by atoms with Crippen molar-refractivity contribution in [2.24, 2.45) is 5.22 Å². The zero-order chi connectivity index (χ0) is 7.84. The van der Waals surface area contributed by atoms with E-state index in [2.05, 4.69) is 10.6 Å². The van der Waals surface area contributed by atoms with Crippen LogP contribution in [-0.2, 0) is 0 Å². The van der Waals surface area contributed by atoms with Gasteiger partial charge < -0.3 is 15.5 Å². The van der Waals surface area contributed by atoms with Crippen LogP contribution in [0.25, 0.3) is 0 Å². The number of nitrogens with zero attached hydrogens (tertiary/aromatic N) is 2. The summed E-state index contributed by atoms with van der Waals surface area (Å²) >= 11 is 0. The second kappa shape index (κ2) is 2.31. The molecule has 3 atom stereocenters. The molecule has 0 amide bonds. The summed E-state index contributed by atoms with van der Waals surface area (Å²) in [6.45, 7) is 0.525. The van der Waals surface area contributed by atoms with Crippen LogP contribution in [0.4, 0.5) is 0 Å². The van der Waals surface area contributed by atoms with Gasteiger partial charge in [-0.3, -0.25) is 0 Å². The van der Waals surface area contributed by atoms with E-state index in [0.717, 1.165) is 12.8 Å². The third kappa shape index (κ3) is 0.945. The summed E-state index contributed by atoms with van der Waals surface area (Å²) in [6.07, 6.45) is 1.21. The molecule has 1 fully saturated rings. The number of quaternary nitrogens is 1. The Morgan fingerprint density at radius 1 is 1.64 bits per heavy atom. The van der Waals surface area contributed by atoms with Crippen molar-refractivity contribution < 1.29 is 9.92 Å². The molecule has 0 aromatic heterocycles. The molecule has 0 saturated carbocycles. The number of fused-ring (bicyclic) bond motifs is 1. The number of rotatable bonds is 0. The van der Waals surface area contributed by atoms with Gasteiger partial charge in [-0.05, 0) is 0 Å². The Labute approximate surface area is 63.6 Å². The van der Waals surface area contributed by atoms with E-state index < -0.39 is 6.17 Å². The number of nitrogens with one attached hydrogen (secondary N) is 2. The average Bonchev–Trinajstić information content (AvgIpc) is 2.34. The Morgan fingerprint density at radius 3 is 3.18 bits per heavy atom. The van der Waals surface area contributed by atoms with Crippen molar-refractivity contribution in [3.63, 3.8) is 0 Å². The Bertz CT molecular complexity index is 195. The summed E-state index contributed by atoms with van der Waals surface area (Å²) in [5, 5.41) is 25.5. The van der Waals surface area contributed by atoms with Crippen molar-refractivity contribution >= 4 is 0 Å². The van der Waals surface area contributed by atoms with E-state index in [9.17, 15) is 10.4 Å². The Hall–Kier alpha value is -0.880. The largest absolute Gasteiger partial charge is 0.691 e. The Balaban J connectivity index is 2.15. The SMILES string of the molecule is [O-][N+]1=NNC2CCC[NH+]([O-])C21. The fourth-order valence-corrected chi connectivity index (χ4v) is 1.63. The van der Waals surface area contributed by atoms with Gasteiger partial charge in [-0.15, -0.1) is 4.86 Å². The second-order valence-corrected chi connectivity index (χ2v) is 2.94. The lowest BCUT2D eigenvalue weighted by Gasteiger charge is -2.33. The highest BCUT2D eigenvalue weighted by atomic mass is 16.6. The van der Waals surface area contributed by atoms with Crippen LogP contribution in [0.5, 0.6) is 0 Å². The van der Waals surface area contributed by atoms with Crippen molar-refractivity contribution in [1.82, 2.24) is 5.43 Å². The van der Waals surface area contributed by atoms with E-state index in [4.69, 9.17) is 0 Å². The zero-order valence-electron chi connectivity index (χ0n) is 5.99. The second-order valence-electron chi connectivity index (χ2n) is 2.94. The van der Waals surface area contributed by atoms with Crippen LogP contribution in [0.1, 0.15) is 12.8 Å². The van der Waals surface area contributed by atoms with Gasteiger partial charge >= 0.3 is 0 Å². The van der Waals surface area contributed by atoms with Crippen LogP contribution in [0, 0.1) is 10.4 Å². The molecule has 0 aliphatic carbocycles. The van der Waals surface area contributed by atoms with Gasteiger partial charge in [-0.2, -0.15) is 5.43 Å². The lowest BCUT2D eigenvalue weighted by Crippen LogP contribution is -3.15. The molecule has 0 bridgehead atoms. The molecular formula is C5H10N4O2. The summed E-state index contributed by atoms with van der Waals surface area (Å²) in [5.74, 6) is 0. The molecular weight excluding hydrogens is 148 g/mol. The molecule has 6 nitrogen and oxygen atoms in total. The van der Waals surface area contributed by atoms with E-state index in [-0.39, 0.29) is 11.1 Å². The Morgan fingerprint density at radius 2 is 2.45 bits per heavy atom. The van der Waals surface area contributed by atoms with Gasteiger partial charge in [0.15, 0.2) is 0 Å². The van der Waals surface area contributed by atoms with Crippen molar-refractivity contribution in [2.75, 3.05) is 6.54 Å². The van der Waals surface area contributed by atoms with E-state index in [1.165, 1.54) is 0 Å². The maximum atomic E-state index is 11.1. The van der Waals surface area contributed by atoms with Crippen molar-refractivity contribution in [3.8, 4) is 0 Å². The zero-order valence-corrected chi connectivity index (χ0v) is 5.99. The first-order chi connectivity index (χ1) is 5.29. The minimum absolute atomic E-state index is 0.0185. The summed E-state index contributed by atoms with van der Waals surface area (Å²) in [4.78, 5) is 0.492. The molecule has 2 aliphatic rings. The van der Waals surface area contributed by atoms with Gasteiger partial charge in [0.2, 0.25) is 6.04 Å². The molecule has 2 aliphatic heterocycles. The van der Waals surface area contributed by atoms with Crippen LogP contribution in [-0.4, -0.2) is 23.6 Å². The minimum atomic E-state index is -0.538. The van der Waals surface area contributed by atoms with Crippen LogP contribution >= 0.6 is 0 Å². The van der Waals surface area contributed by atoms with Crippen LogP contribution in [0.3, 0.4) is 0 Å². The summed E-state index contributed by atoms with van der Waals surface area (Å²) in [5.41, 5.74) is 2.66. The molecule has 3 unspecified atom stereocenters. The fraction of sp³-hybridized carbons (Fsp3) is 1.00. The lowest BCUT2D eigenvalue weighted by atomic mass is 10.1. The van der Waals surface area contributed by atoms with E-state index in [1.807, 2.05) is 0 Å². The van der Waals surface area contributed by atoms with E-state index in [1.54, 1.807) is 0 Å². The molecule has 11 heavy (non-hydrogen) atoms. The topological polar surface area (TPSA) is 78.0 Å². The van der Waals surface area contributed by atoms with E-state index >= 15 is 0 Å². The number of hydroxylamine groups is 3. The molecule has 0 radical (unpaired) electrons. The summed E-state index contributed by atoms with van der Waals surface area (Å²) in [6, 6.07) is -0.0336. The highest BCUT2D eigenvalue weighted by Gasteiger charge is 2.42. The predicted octanol–water partition coefficient (Wildman–Crippen LogP) is -1.66. The van der Waals surface area contributed by atoms with Gasteiger partial charge in [0, 0.05) is 12.8 Å². The lowest BCUT2D eigenvalue weighted by molar-refractivity contribution is -0.975. The molecule has 2 N–H and O–H groups in total. The van der Waals surface area contributed by atoms with Crippen molar-refractivity contribution in [1.29, 1.82) is 0 Å². The monoisotopic (exact) mass is 158 g/mol. The van der Waals surface area contributed by atoms with Crippen molar-refractivity contribution in [3.05, 3.63) is 10.4 Å². The third-order valence-electron chi connectivity index (χ3n) is 2.21. The van der Waals surface area contributed by atoms with Gasteiger partial charge in [-0.1, -0.05) is 0 Å². The Kier molecular flexibility index (Phi) is 1.43. The minimum Gasteiger partial charge on any atom is -0.691 e. The molecule has 0 spiro atoms. The molecule has 1 saturated heterocycles. The van der Waals surface area contributed by atoms with Gasteiger partial charge in [0.25, 0.3) is 6.17 Å². The van der Waals surface area contributed by atoms with Crippen molar-refractivity contribution in [2.45, 2.75) is 25.0 Å². The molecule has 6 heteroatoms. The molecule has 2 heterocycles. The number of hydrogen-bond donors (Lipinski definition) is 2. The highest BCUT2D eigenvalue weighted by Crippen LogP contribution is 2.09. The predicted molar refractivity (Wildman–Crippen MR) is 35.2 cm³/mol. The number of piperidine rings is 1. The van der Waals surface area contributed by atoms with Gasteiger partial charge in [-0.25, -0.2) is 0 Å². The molecule has 2 rings (SSSR count). The van der Waals surface area contributed by atoms with E-state index in [0.29, 0.717) is 11.4 Å². The number of hydrogen-bond acceptors (Lipinski definition) is 4. The van der Waals surface area contributed by atoms with Crippen LogP contribution in [0.2, 0.25) is 0 Å². The maximum Gasteiger partial charge on any atom is 0.290 e. The third-order valence-corrected chi connectivity index (χ3v) is 2.21. The normalized spacial score (nSPS) is 42.6. The average molecular weight is 158 g/mol. The summed E-state index contributed by atoms with van der Waals surface area (Å²) in [7, 11) is 0. The summed E-state index contributed by atoms with van der Waals surface area (Å²) < 4.78 is 0. The fourth-order valence-electron chi connectivity index (χ4n) is 1.63. The first kappa shape index (κ1) is 6.81. The molecule has 62 valence electrons. The molecule has 0 aromatic rings. The van der Waals surface area contributed by atoms with Gasteiger partial charge in [0.1, 0.15) is 0 Å². The quantitative estimate of drug-likeness (QED) is 0.327. The standard InChI is InChI=1S/C5H10N4O2/c10-8-3-1-2-4-5(8)9(11)7-6-4/h4-6,8H,1-3H2. The van der Waals surface area contributed by atoms with Crippen LogP contribution in [0.15, 0.2) is 5.22 Å². The smallest absolute Gasteiger partial charge is 0.290 e. The van der Waals surface area contributed by atoms with Gasteiger partial charge in [0.05, 0.1) is 11.8 Å². The first-order valence-electron chi connectivity index (χ1n) is 3.74. The maximum absolute atomic E-state index is 11.1. The first-order valence-corrected chi connectivity index (χ1v) is 3.74.